The molecule has 1 aromatic carbocycles. The molecule has 1 atom stereocenters. The van der Waals surface area contributed by atoms with Gasteiger partial charge in [0.2, 0.25) is 0 Å². The van der Waals surface area contributed by atoms with Gasteiger partial charge < -0.3 is 0 Å². The van der Waals surface area contributed by atoms with E-state index in [1.54, 1.807) is 6.07 Å². The van der Waals surface area contributed by atoms with E-state index in [4.69, 9.17) is 16.9 Å². The Morgan fingerprint density at radius 3 is 2.78 bits per heavy atom. The largest absolute Gasteiger partial charge is 0.280 e. The molecule has 2 rings (SSSR count). The van der Waals surface area contributed by atoms with Gasteiger partial charge in [-0.25, -0.2) is 8.42 Å². The maximum absolute atomic E-state index is 12.4. The fourth-order valence-electron chi connectivity index (χ4n) is 2.18. The summed E-state index contributed by atoms with van der Waals surface area (Å²) in [6, 6.07) is 7.52. The Balaban J connectivity index is 2.22. The molecule has 0 aliphatic carbocycles. The first-order valence-electron chi connectivity index (χ1n) is 7.15. The number of hydrogen-bond acceptors (Lipinski definition) is 4. The molecule has 122 valence electrons. The van der Waals surface area contributed by atoms with Crippen LogP contribution in [0, 0.1) is 11.3 Å². The molecule has 1 heterocycles. The molecule has 23 heavy (non-hydrogen) atoms. The molecule has 0 radical (unpaired) electrons. The first kappa shape index (κ1) is 17.3. The minimum Gasteiger partial charge on any atom is -0.280 e. The standard InChI is InChI=1S/C15H17ClN4O2S/c1-3-4-10(2)14-8-15(19-18-14)20-23(21,22)12-6-5-11(9-17)13(16)7-12/h5-8,10H,3-4H2,1-2H3,(H2,18,19,20). The lowest BCUT2D eigenvalue weighted by Crippen LogP contribution is -2.13. The minimum atomic E-state index is -3.81. The third kappa shape index (κ3) is 4.03. The second-order valence-corrected chi connectivity index (χ2v) is 7.35. The van der Waals surface area contributed by atoms with Crippen LogP contribution in [0.2, 0.25) is 5.02 Å². The van der Waals surface area contributed by atoms with Crippen LogP contribution in [0.5, 0.6) is 0 Å². The van der Waals surface area contributed by atoms with Gasteiger partial charge in [0.15, 0.2) is 5.82 Å². The van der Waals surface area contributed by atoms with Crippen LogP contribution in [0.15, 0.2) is 29.2 Å². The zero-order chi connectivity index (χ0) is 17.0. The van der Waals surface area contributed by atoms with Crippen LogP contribution in [0.1, 0.15) is 43.9 Å². The molecule has 0 saturated heterocycles. The van der Waals surface area contributed by atoms with Gasteiger partial charge in [-0.2, -0.15) is 10.4 Å². The molecule has 0 aliphatic rings. The lowest BCUT2D eigenvalue weighted by molar-refractivity contribution is 0.601. The van der Waals surface area contributed by atoms with Gasteiger partial charge in [-0.3, -0.25) is 9.82 Å². The Labute approximate surface area is 140 Å². The Kier molecular flexibility index (Phi) is 5.29. The van der Waals surface area contributed by atoms with Gasteiger partial charge in [-0.05, 0) is 30.5 Å². The van der Waals surface area contributed by atoms with Gasteiger partial charge in [0.1, 0.15) is 6.07 Å². The average Bonchev–Trinajstić information content (AvgIpc) is 2.95. The average molecular weight is 353 g/mol. The molecule has 6 nitrogen and oxygen atoms in total. The van der Waals surface area contributed by atoms with E-state index >= 15 is 0 Å². The highest BCUT2D eigenvalue weighted by Crippen LogP contribution is 2.24. The molecule has 8 heteroatoms. The Bertz CT molecular complexity index is 839. The van der Waals surface area contributed by atoms with Crippen molar-refractivity contribution >= 4 is 27.4 Å². The maximum Gasteiger partial charge on any atom is 0.263 e. The Morgan fingerprint density at radius 1 is 1.43 bits per heavy atom. The number of aromatic amines is 1. The topological polar surface area (TPSA) is 98.6 Å². The molecule has 2 aromatic rings. The van der Waals surface area contributed by atoms with Crippen LogP contribution >= 0.6 is 11.6 Å². The SMILES string of the molecule is CCCC(C)c1cc(NS(=O)(=O)c2ccc(C#N)c(Cl)c2)n[nH]1. The summed E-state index contributed by atoms with van der Waals surface area (Å²) in [5.41, 5.74) is 1.10. The van der Waals surface area contributed by atoms with Crippen LogP contribution < -0.4 is 4.72 Å². The highest BCUT2D eigenvalue weighted by Gasteiger charge is 2.18. The van der Waals surface area contributed by atoms with Crippen molar-refractivity contribution in [2.45, 2.75) is 37.5 Å². The summed E-state index contributed by atoms with van der Waals surface area (Å²) in [6.07, 6.45) is 2.02. The second-order valence-electron chi connectivity index (χ2n) is 5.26. The summed E-state index contributed by atoms with van der Waals surface area (Å²) >= 11 is 5.88. The smallest absolute Gasteiger partial charge is 0.263 e. The number of nitrogens with one attached hydrogen (secondary N) is 2. The van der Waals surface area contributed by atoms with Crippen LogP contribution in [0.4, 0.5) is 5.82 Å². The molecule has 1 aromatic heterocycles. The summed E-state index contributed by atoms with van der Waals surface area (Å²) in [5.74, 6) is 0.499. The molecule has 2 N–H and O–H groups in total. The molecular weight excluding hydrogens is 336 g/mol. The fourth-order valence-corrected chi connectivity index (χ4v) is 3.49. The van der Waals surface area contributed by atoms with Crippen LogP contribution in [0.3, 0.4) is 0 Å². The third-order valence-corrected chi connectivity index (χ3v) is 5.13. The zero-order valence-electron chi connectivity index (χ0n) is 12.8. The van der Waals surface area contributed by atoms with Crippen molar-refractivity contribution < 1.29 is 8.42 Å². The number of anilines is 1. The third-order valence-electron chi connectivity index (χ3n) is 3.46. The van der Waals surface area contributed by atoms with E-state index in [0.717, 1.165) is 18.5 Å². The van der Waals surface area contributed by atoms with E-state index in [1.807, 2.05) is 6.07 Å². The second kappa shape index (κ2) is 7.02. The predicted octanol–water partition coefficient (Wildman–Crippen LogP) is 3.64. The molecule has 1 unspecified atom stereocenters. The van der Waals surface area contributed by atoms with Gasteiger partial charge in [0, 0.05) is 11.8 Å². The van der Waals surface area contributed by atoms with Crippen molar-refractivity contribution in [3.63, 3.8) is 0 Å². The number of sulfonamides is 1. The highest BCUT2D eigenvalue weighted by atomic mass is 35.5. The highest BCUT2D eigenvalue weighted by molar-refractivity contribution is 7.92. The van der Waals surface area contributed by atoms with E-state index in [1.165, 1.54) is 18.2 Å². The molecule has 0 bridgehead atoms. The fraction of sp³-hybridized carbons (Fsp3) is 0.333. The van der Waals surface area contributed by atoms with Crippen molar-refractivity contribution in [2.24, 2.45) is 0 Å². The Morgan fingerprint density at radius 2 is 2.17 bits per heavy atom. The van der Waals surface area contributed by atoms with E-state index < -0.39 is 10.0 Å². The number of rotatable bonds is 6. The van der Waals surface area contributed by atoms with Crippen molar-refractivity contribution in [1.82, 2.24) is 10.2 Å². The van der Waals surface area contributed by atoms with Gasteiger partial charge in [-0.1, -0.05) is 31.9 Å². The molecule has 0 saturated carbocycles. The van der Waals surface area contributed by atoms with E-state index in [0.29, 0.717) is 0 Å². The summed E-state index contributed by atoms with van der Waals surface area (Å²) < 4.78 is 27.1. The lowest BCUT2D eigenvalue weighted by Gasteiger charge is -2.07. The molecule has 0 spiro atoms. The van der Waals surface area contributed by atoms with E-state index in [-0.39, 0.29) is 27.2 Å². The van der Waals surface area contributed by atoms with Gasteiger partial charge >= 0.3 is 0 Å². The Hall–Kier alpha value is -2.04. The number of H-pyrrole nitrogens is 1. The molecular formula is C15H17ClN4O2S. The summed E-state index contributed by atoms with van der Waals surface area (Å²) in [6.45, 7) is 4.14. The monoisotopic (exact) mass is 352 g/mol. The van der Waals surface area contributed by atoms with Crippen LogP contribution in [-0.4, -0.2) is 18.6 Å². The van der Waals surface area contributed by atoms with E-state index in [9.17, 15) is 8.42 Å². The first-order valence-corrected chi connectivity index (χ1v) is 9.01. The first-order chi connectivity index (χ1) is 10.9. The summed E-state index contributed by atoms with van der Waals surface area (Å²) in [5, 5.41) is 15.8. The number of nitriles is 1. The number of nitrogens with zero attached hydrogens (tertiary/aromatic N) is 2. The van der Waals surface area contributed by atoms with Gasteiger partial charge in [0.05, 0.1) is 15.5 Å². The zero-order valence-corrected chi connectivity index (χ0v) is 14.4. The van der Waals surface area contributed by atoms with Gasteiger partial charge in [0.25, 0.3) is 10.0 Å². The molecule has 0 fully saturated rings. The number of aromatic nitrogens is 2. The number of halogens is 1. The summed E-state index contributed by atoms with van der Waals surface area (Å²) in [7, 11) is -3.81. The summed E-state index contributed by atoms with van der Waals surface area (Å²) in [4.78, 5) is -0.0207. The normalized spacial score (nSPS) is 12.6. The maximum atomic E-state index is 12.4. The molecule has 0 amide bonds. The molecule has 0 aliphatic heterocycles. The van der Waals surface area contributed by atoms with Crippen molar-refractivity contribution in [2.75, 3.05) is 4.72 Å². The number of benzene rings is 1. The van der Waals surface area contributed by atoms with Crippen LogP contribution in [-0.2, 0) is 10.0 Å². The van der Waals surface area contributed by atoms with E-state index in [2.05, 4.69) is 28.8 Å². The lowest BCUT2D eigenvalue weighted by atomic mass is 10.0. The van der Waals surface area contributed by atoms with Gasteiger partial charge in [-0.15, -0.1) is 0 Å². The quantitative estimate of drug-likeness (QED) is 0.829. The van der Waals surface area contributed by atoms with Crippen molar-refractivity contribution in [3.05, 3.63) is 40.5 Å². The van der Waals surface area contributed by atoms with Crippen molar-refractivity contribution in [1.29, 1.82) is 5.26 Å². The predicted molar refractivity (Wildman–Crippen MR) is 88.9 cm³/mol. The number of hydrogen-bond donors (Lipinski definition) is 2. The van der Waals surface area contributed by atoms with Crippen LogP contribution in [0.25, 0.3) is 0 Å². The minimum absolute atomic E-state index is 0.0207. The van der Waals surface area contributed by atoms with Crippen molar-refractivity contribution in [3.8, 4) is 6.07 Å².